The minimum absolute atomic E-state index is 0.0410. The molecule has 8 nitrogen and oxygen atoms in total. The van der Waals surface area contributed by atoms with E-state index in [9.17, 15) is 13.2 Å². The molecule has 188 valence electrons. The van der Waals surface area contributed by atoms with E-state index < -0.39 is 9.84 Å². The molecule has 36 heavy (non-hydrogen) atoms. The summed E-state index contributed by atoms with van der Waals surface area (Å²) in [7, 11) is -3.26. The van der Waals surface area contributed by atoms with Gasteiger partial charge in [-0.1, -0.05) is 50.3 Å². The van der Waals surface area contributed by atoms with Gasteiger partial charge >= 0.3 is 0 Å². The molecule has 0 unspecified atom stereocenters. The van der Waals surface area contributed by atoms with E-state index in [1.165, 1.54) is 11.3 Å². The van der Waals surface area contributed by atoms with E-state index in [4.69, 9.17) is 11.6 Å². The maximum atomic E-state index is 12.7. The fourth-order valence-corrected chi connectivity index (χ4v) is 6.34. The molecule has 0 spiro atoms. The van der Waals surface area contributed by atoms with Crippen LogP contribution < -0.4 is 5.32 Å². The van der Waals surface area contributed by atoms with Gasteiger partial charge in [-0.05, 0) is 36.6 Å². The standard InChI is InChI=1S/C26H29N5O3S2/c1-6-36(33,34)21-11-7-18(8-12-21)13-23(32)29-25-30-24-22(35-25)16-31(26(24,4)17(2)3)15-20-10-9-19(27-5)14-28-20/h7-12,14,17H,6,13,15-16H2,1-4H3,(H,29,30,32)/t26-/m0/s1. The van der Waals surface area contributed by atoms with E-state index in [0.717, 1.165) is 21.8 Å². The zero-order valence-corrected chi connectivity index (χ0v) is 22.4. The minimum Gasteiger partial charge on any atom is -0.302 e. The van der Waals surface area contributed by atoms with Crippen LogP contribution in [0.3, 0.4) is 0 Å². The number of benzene rings is 1. The molecule has 10 heteroatoms. The molecule has 1 amide bonds. The highest BCUT2D eigenvalue weighted by Gasteiger charge is 2.46. The molecule has 2 aromatic heterocycles. The molecule has 0 bridgehead atoms. The molecular formula is C26H29N5O3S2. The lowest BCUT2D eigenvalue weighted by Crippen LogP contribution is -2.42. The largest absolute Gasteiger partial charge is 0.302 e. The molecule has 0 saturated heterocycles. The number of carbonyl (C=O) groups is 1. The number of nitrogens with one attached hydrogen (secondary N) is 1. The Morgan fingerprint density at radius 3 is 2.56 bits per heavy atom. The number of sulfone groups is 1. The number of fused-ring (bicyclic) bond motifs is 1. The average Bonchev–Trinajstić information content (AvgIpc) is 3.36. The van der Waals surface area contributed by atoms with Crippen LogP contribution in [-0.2, 0) is 39.7 Å². The van der Waals surface area contributed by atoms with Gasteiger partial charge in [-0.15, -0.1) is 0 Å². The summed E-state index contributed by atoms with van der Waals surface area (Å²) in [4.78, 5) is 29.1. The minimum atomic E-state index is -3.26. The van der Waals surface area contributed by atoms with Crippen molar-refractivity contribution in [1.82, 2.24) is 14.9 Å². The molecule has 1 aliphatic heterocycles. The maximum absolute atomic E-state index is 12.7. The number of amides is 1. The monoisotopic (exact) mass is 523 g/mol. The highest BCUT2D eigenvalue weighted by Crippen LogP contribution is 2.47. The second kappa shape index (κ2) is 10.1. The Hall–Kier alpha value is -3.13. The third kappa shape index (κ3) is 5.05. The maximum Gasteiger partial charge on any atom is 0.230 e. The molecule has 1 atom stereocenters. The number of nitrogens with zero attached hydrogens (tertiary/aromatic N) is 4. The molecule has 0 radical (unpaired) electrons. The first kappa shape index (κ1) is 25.9. The van der Waals surface area contributed by atoms with Crippen LogP contribution >= 0.6 is 11.3 Å². The predicted molar refractivity (Wildman–Crippen MR) is 141 cm³/mol. The van der Waals surface area contributed by atoms with Gasteiger partial charge in [-0.3, -0.25) is 14.7 Å². The first-order valence-electron chi connectivity index (χ1n) is 11.8. The zero-order valence-electron chi connectivity index (χ0n) is 20.8. The second-order valence-electron chi connectivity index (χ2n) is 9.34. The summed E-state index contributed by atoms with van der Waals surface area (Å²) in [5.74, 6) is 0.116. The van der Waals surface area contributed by atoms with Gasteiger partial charge in [0.1, 0.15) is 0 Å². The number of carbonyl (C=O) groups excluding carboxylic acids is 1. The van der Waals surface area contributed by atoms with E-state index >= 15 is 0 Å². The average molecular weight is 524 g/mol. The first-order chi connectivity index (χ1) is 17.1. The van der Waals surface area contributed by atoms with Crippen molar-refractivity contribution in [2.24, 2.45) is 5.92 Å². The summed E-state index contributed by atoms with van der Waals surface area (Å²) < 4.78 is 24.0. The summed E-state index contributed by atoms with van der Waals surface area (Å²) in [6.07, 6.45) is 1.74. The van der Waals surface area contributed by atoms with Crippen LogP contribution in [0.5, 0.6) is 0 Å². The van der Waals surface area contributed by atoms with Crippen molar-refractivity contribution in [3.05, 3.63) is 75.8 Å². The summed E-state index contributed by atoms with van der Waals surface area (Å²) in [6.45, 7) is 16.6. The summed E-state index contributed by atoms with van der Waals surface area (Å²) in [5, 5.41) is 3.49. The number of pyridine rings is 1. The zero-order chi connectivity index (χ0) is 26.1. The molecule has 4 rings (SSSR count). The van der Waals surface area contributed by atoms with E-state index in [0.29, 0.717) is 23.9 Å². The highest BCUT2D eigenvalue weighted by atomic mass is 32.2. The molecule has 1 N–H and O–H groups in total. The molecule has 0 aliphatic carbocycles. The molecular weight excluding hydrogens is 494 g/mol. The SMILES string of the molecule is [C-]#[N+]c1ccc(CN2Cc3sc(NC(=O)Cc4ccc(S(=O)(=O)CC)cc4)nc3[C@]2(C)C(C)C)nc1. The van der Waals surface area contributed by atoms with Crippen LogP contribution in [0.1, 0.15) is 49.5 Å². The fourth-order valence-electron chi connectivity index (χ4n) is 4.36. The smallest absolute Gasteiger partial charge is 0.230 e. The van der Waals surface area contributed by atoms with Crippen molar-refractivity contribution in [3.63, 3.8) is 0 Å². The molecule has 3 heterocycles. The lowest BCUT2D eigenvalue weighted by Gasteiger charge is -2.38. The molecule has 0 fully saturated rings. The summed E-state index contributed by atoms with van der Waals surface area (Å²) >= 11 is 1.49. The Labute approximate surface area is 216 Å². The predicted octanol–water partition coefficient (Wildman–Crippen LogP) is 4.95. The Balaban J connectivity index is 1.46. The van der Waals surface area contributed by atoms with E-state index in [-0.39, 0.29) is 34.4 Å². The molecule has 1 aromatic carbocycles. The number of anilines is 1. The van der Waals surface area contributed by atoms with Crippen LogP contribution in [-0.4, -0.2) is 34.9 Å². The van der Waals surface area contributed by atoms with Gasteiger partial charge in [0.05, 0.1) is 40.6 Å². The summed E-state index contributed by atoms with van der Waals surface area (Å²) in [6, 6.07) is 10.1. The Morgan fingerprint density at radius 1 is 1.25 bits per heavy atom. The number of rotatable bonds is 8. The van der Waals surface area contributed by atoms with Crippen LogP contribution in [0, 0.1) is 12.5 Å². The van der Waals surface area contributed by atoms with Crippen LogP contribution in [0.25, 0.3) is 4.85 Å². The van der Waals surface area contributed by atoms with Gasteiger partial charge < -0.3 is 5.32 Å². The number of thiazole rings is 1. The van der Waals surface area contributed by atoms with Crippen LogP contribution in [0.2, 0.25) is 0 Å². The lowest BCUT2D eigenvalue weighted by atomic mass is 9.85. The van der Waals surface area contributed by atoms with Crippen molar-refractivity contribution < 1.29 is 13.2 Å². The molecule has 0 saturated carbocycles. The topological polar surface area (TPSA) is 96.6 Å². The quantitative estimate of drug-likeness (QED) is 0.420. The number of hydrogen-bond donors (Lipinski definition) is 1. The third-order valence-corrected chi connectivity index (χ3v) is 9.56. The van der Waals surface area contributed by atoms with Gasteiger partial charge in [0.25, 0.3) is 0 Å². The molecule has 3 aromatic rings. The van der Waals surface area contributed by atoms with E-state index in [1.807, 2.05) is 6.07 Å². The van der Waals surface area contributed by atoms with Crippen molar-refractivity contribution in [3.8, 4) is 0 Å². The normalized spacial score (nSPS) is 17.7. The number of aromatic nitrogens is 2. The molecule has 1 aliphatic rings. The van der Waals surface area contributed by atoms with Gasteiger partial charge in [0, 0.05) is 24.2 Å². The number of hydrogen-bond acceptors (Lipinski definition) is 7. The Bertz CT molecular complexity index is 1410. The Kier molecular flexibility index (Phi) is 7.27. The van der Waals surface area contributed by atoms with Gasteiger partial charge in [-0.25, -0.2) is 18.2 Å². The van der Waals surface area contributed by atoms with Crippen molar-refractivity contribution >= 4 is 37.9 Å². The van der Waals surface area contributed by atoms with Crippen LogP contribution in [0.15, 0.2) is 47.5 Å². The third-order valence-electron chi connectivity index (χ3n) is 6.86. The summed E-state index contributed by atoms with van der Waals surface area (Å²) in [5.41, 5.74) is 2.81. The fraction of sp³-hybridized carbons (Fsp3) is 0.385. The van der Waals surface area contributed by atoms with Crippen LogP contribution in [0.4, 0.5) is 10.8 Å². The lowest BCUT2D eigenvalue weighted by molar-refractivity contribution is -0.115. The van der Waals surface area contributed by atoms with Gasteiger partial charge in [0.15, 0.2) is 15.0 Å². The second-order valence-corrected chi connectivity index (χ2v) is 12.7. The van der Waals surface area contributed by atoms with Crippen molar-refractivity contribution in [2.75, 3.05) is 11.1 Å². The highest BCUT2D eigenvalue weighted by molar-refractivity contribution is 7.91. The van der Waals surface area contributed by atoms with Crippen molar-refractivity contribution in [2.45, 2.75) is 57.6 Å². The van der Waals surface area contributed by atoms with Crippen molar-refractivity contribution in [1.29, 1.82) is 0 Å². The van der Waals surface area contributed by atoms with Gasteiger partial charge in [0.2, 0.25) is 11.6 Å². The van der Waals surface area contributed by atoms with E-state index in [2.05, 4.69) is 40.8 Å². The first-order valence-corrected chi connectivity index (χ1v) is 14.2. The Morgan fingerprint density at radius 2 is 1.97 bits per heavy atom. The van der Waals surface area contributed by atoms with Gasteiger partial charge in [-0.2, -0.15) is 0 Å². The van der Waals surface area contributed by atoms with E-state index in [1.54, 1.807) is 43.5 Å².